The average Bonchev–Trinajstić information content (AvgIpc) is 2.85. The van der Waals surface area contributed by atoms with E-state index in [0.29, 0.717) is 18.8 Å². The second kappa shape index (κ2) is 6.86. The SMILES string of the molecule is CCCN(CC(=O)N(C)C)C(=O)c1n[nH]c(CC)n1. The lowest BCUT2D eigenvalue weighted by molar-refractivity contribution is -0.129. The quantitative estimate of drug-likeness (QED) is 0.804. The van der Waals surface area contributed by atoms with Crippen LogP contribution in [-0.2, 0) is 11.2 Å². The number of likely N-dealkylation sites (N-methyl/N-ethyl adjacent to an activating group) is 1. The number of aryl methyl sites for hydroxylation is 1. The second-order valence-electron chi connectivity index (χ2n) is 4.47. The Morgan fingerprint density at radius 1 is 1.26 bits per heavy atom. The molecule has 0 aliphatic heterocycles. The number of amides is 2. The van der Waals surface area contributed by atoms with Gasteiger partial charge in [-0.05, 0) is 6.42 Å². The van der Waals surface area contributed by atoms with Crippen molar-refractivity contribution in [1.29, 1.82) is 0 Å². The molecular formula is C12H21N5O2. The van der Waals surface area contributed by atoms with E-state index in [1.54, 1.807) is 14.1 Å². The zero-order valence-electron chi connectivity index (χ0n) is 11.9. The Morgan fingerprint density at radius 3 is 2.42 bits per heavy atom. The number of aromatic nitrogens is 3. The summed E-state index contributed by atoms with van der Waals surface area (Å²) in [5.41, 5.74) is 0. The zero-order chi connectivity index (χ0) is 14.4. The lowest BCUT2D eigenvalue weighted by atomic mass is 10.3. The molecular weight excluding hydrogens is 246 g/mol. The first-order chi connectivity index (χ1) is 8.99. The third kappa shape index (κ3) is 4.04. The highest BCUT2D eigenvalue weighted by Crippen LogP contribution is 2.02. The Labute approximate surface area is 113 Å². The summed E-state index contributed by atoms with van der Waals surface area (Å²) in [5.74, 6) is 0.358. The maximum absolute atomic E-state index is 12.2. The Kier molecular flexibility index (Phi) is 5.47. The topological polar surface area (TPSA) is 82.2 Å². The molecule has 0 saturated heterocycles. The molecule has 0 aliphatic carbocycles. The highest BCUT2D eigenvalue weighted by molar-refractivity contribution is 5.93. The molecule has 0 unspecified atom stereocenters. The minimum atomic E-state index is -0.312. The van der Waals surface area contributed by atoms with Gasteiger partial charge in [-0.15, -0.1) is 5.10 Å². The number of carbonyl (C=O) groups excluding carboxylic acids is 2. The number of carbonyl (C=O) groups is 2. The van der Waals surface area contributed by atoms with E-state index in [-0.39, 0.29) is 24.2 Å². The molecule has 106 valence electrons. The average molecular weight is 267 g/mol. The van der Waals surface area contributed by atoms with Crippen molar-refractivity contribution in [1.82, 2.24) is 25.0 Å². The number of hydrogen-bond acceptors (Lipinski definition) is 4. The van der Waals surface area contributed by atoms with Gasteiger partial charge in [0.2, 0.25) is 11.7 Å². The Balaban J connectivity index is 2.80. The monoisotopic (exact) mass is 267 g/mol. The normalized spacial score (nSPS) is 10.3. The second-order valence-corrected chi connectivity index (χ2v) is 4.47. The molecule has 0 aliphatic rings. The first kappa shape index (κ1) is 15.1. The lowest BCUT2D eigenvalue weighted by Gasteiger charge is -2.21. The molecule has 0 bridgehead atoms. The fourth-order valence-corrected chi connectivity index (χ4v) is 1.52. The Bertz CT molecular complexity index is 441. The van der Waals surface area contributed by atoms with Gasteiger partial charge in [0.1, 0.15) is 12.4 Å². The van der Waals surface area contributed by atoms with E-state index in [4.69, 9.17) is 0 Å². The number of nitrogens with one attached hydrogen (secondary N) is 1. The third-order valence-electron chi connectivity index (χ3n) is 2.66. The van der Waals surface area contributed by atoms with Gasteiger partial charge in [-0.3, -0.25) is 14.7 Å². The Hall–Kier alpha value is -1.92. The van der Waals surface area contributed by atoms with Gasteiger partial charge >= 0.3 is 0 Å². The predicted molar refractivity (Wildman–Crippen MR) is 70.6 cm³/mol. The van der Waals surface area contributed by atoms with Crippen LogP contribution in [0.3, 0.4) is 0 Å². The number of hydrogen-bond donors (Lipinski definition) is 1. The van der Waals surface area contributed by atoms with Gasteiger partial charge in [-0.25, -0.2) is 4.98 Å². The summed E-state index contributed by atoms with van der Waals surface area (Å²) in [4.78, 5) is 31.0. The number of rotatable bonds is 6. The molecule has 1 aromatic heterocycles. The predicted octanol–water partition coefficient (Wildman–Crippen LogP) is 0.307. The van der Waals surface area contributed by atoms with Crippen molar-refractivity contribution in [2.45, 2.75) is 26.7 Å². The molecule has 7 heteroatoms. The fourth-order valence-electron chi connectivity index (χ4n) is 1.52. The first-order valence-corrected chi connectivity index (χ1v) is 6.40. The smallest absolute Gasteiger partial charge is 0.293 e. The lowest BCUT2D eigenvalue weighted by Crippen LogP contribution is -2.41. The first-order valence-electron chi connectivity index (χ1n) is 6.40. The highest BCUT2D eigenvalue weighted by atomic mass is 16.2. The largest absolute Gasteiger partial charge is 0.347 e. The van der Waals surface area contributed by atoms with E-state index in [1.165, 1.54) is 9.80 Å². The van der Waals surface area contributed by atoms with Gasteiger partial charge in [0.25, 0.3) is 5.91 Å². The van der Waals surface area contributed by atoms with E-state index >= 15 is 0 Å². The van der Waals surface area contributed by atoms with Gasteiger partial charge in [-0.2, -0.15) is 0 Å². The molecule has 1 heterocycles. The zero-order valence-corrected chi connectivity index (χ0v) is 11.9. The molecule has 0 fully saturated rings. The summed E-state index contributed by atoms with van der Waals surface area (Å²) in [6.45, 7) is 4.44. The summed E-state index contributed by atoms with van der Waals surface area (Å²) in [6.07, 6.45) is 1.46. The van der Waals surface area contributed by atoms with Gasteiger partial charge in [0, 0.05) is 27.1 Å². The minimum absolute atomic E-state index is 0.0513. The van der Waals surface area contributed by atoms with Crippen molar-refractivity contribution in [2.75, 3.05) is 27.2 Å². The summed E-state index contributed by atoms with van der Waals surface area (Å²) in [5, 5.41) is 6.60. The highest BCUT2D eigenvalue weighted by Gasteiger charge is 2.22. The molecule has 7 nitrogen and oxygen atoms in total. The molecule has 0 spiro atoms. The van der Waals surface area contributed by atoms with Crippen molar-refractivity contribution >= 4 is 11.8 Å². The standard InChI is InChI=1S/C12H21N5O2/c1-5-7-17(8-10(18)16(3)4)12(19)11-13-9(6-2)14-15-11/h5-8H2,1-4H3,(H,13,14,15). The van der Waals surface area contributed by atoms with Gasteiger partial charge < -0.3 is 9.80 Å². The van der Waals surface area contributed by atoms with Gasteiger partial charge in [0.15, 0.2) is 0 Å². The molecule has 0 saturated carbocycles. The van der Waals surface area contributed by atoms with Crippen LogP contribution in [0.5, 0.6) is 0 Å². The molecule has 1 N–H and O–H groups in total. The number of nitrogens with zero attached hydrogens (tertiary/aromatic N) is 4. The van der Waals surface area contributed by atoms with Crippen LogP contribution >= 0.6 is 0 Å². The van der Waals surface area contributed by atoms with Crippen molar-refractivity contribution in [3.05, 3.63) is 11.6 Å². The van der Waals surface area contributed by atoms with Crippen molar-refractivity contribution < 1.29 is 9.59 Å². The Morgan fingerprint density at radius 2 is 1.95 bits per heavy atom. The van der Waals surface area contributed by atoms with E-state index in [9.17, 15) is 9.59 Å². The molecule has 2 amide bonds. The van der Waals surface area contributed by atoms with Gasteiger partial charge in [-0.1, -0.05) is 13.8 Å². The summed E-state index contributed by atoms with van der Waals surface area (Å²) >= 11 is 0. The van der Waals surface area contributed by atoms with E-state index in [1.807, 2.05) is 13.8 Å². The van der Waals surface area contributed by atoms with Crippen LogP contribution in [0.1, 0.15) is 36.7 Å². The van der Waals surface area contributed by atoms with Crippen LogP contribution in [0.2, 0.25) is 0 Å². The van der Waals surface area contributed by atoms with E-state index in [2.05, 4.69) is 15.2 Å². The molecule has 0 atom stereocenters. The molecule has 1 aromatic rings. The van der Waals surface area contributed by atoms with Crippen molar-refractivity contribution in [2.24, 2.45) is 0 Å². The fraction of sp³-hybridized carbons (Fsp3) is 0.667. The molecule has 1 rings (SSSR count). The van der Waals surface area contributed by atoms with E-state index in [0.717, 1.165) is 6.42 Å². The maximum Gasteiger partial charge on any atom is 0.293 e. The summed E-state index contributed by atoms with van der Waals surface area (Å²) < 4.78 is 0. The van der Waals surface area contributed by atoms with Crippen LogP contribution in [-0.4, -0.2) is 64.0 Å². The van der Waals surface area contributed by atoms with Crippen LogP contribution < -0.4 is 0 Å². The summed E-state index contributed by atoms with van der Waals surface area (Å²) in [6, 6.07) is 0. The van der Waals surface area contributed by atoms with Crippen molar-refractivity contribution in [3.8, 4) is 0 Å². The van der Waals surface area contributed by atoms with Crippen LogP contribution in [0.15, 0.2) is 0 Å². The maximum atomic E-state index is 12.2. The third-order valence-corrected chi connectivity index (χ3v) is 2.66. The van der Waals surface area contributed by atoms with Crippen LogP contribution in [0, 0.1) is 0 Å². The van der Waals surface area contributed by atoms with Crippen molar-refractivity contribution in [3.63, 3.8) is 0 Å². The summed E-state index contributed by atoms with van der Waals surface area (Å²) in [7, 11) is 3.33. The number of aromatic amines is 1. The van der Waals surface area contributed by atoms with Crippen LogP contribution in [0.4, 0.5) is 0 Å². The van der Waals surface area contributed by atoms with E-state index < -0.39 is 0 Å². The number of H-pyrrole nitrogens is 1. The van der Waals surface area contributed by atoms with Gasteiger partial charge in [0.05, 0.1) is 0 Å². The molecule has 0 radical (unpaired) electrons. The minimum Gasteiger partial charge on any atom is -0.347 e. The molecule has 0 aromatic carbocycles. The molecule has 19 heavy (non-hydrogen) atoms. The van der Waals surface area contributed by atoms with Crippen LogP contribution in [0.25, 0.3) is 0 Å².